The summed E-state index contributed by atoms with van der Waals surface area (Å²) < 4.78 is 10.8. The average molecular weight is 487 g/mol. The van der Waals surface area contributed by atoms with Crippen molar-refractivity contribution in [2.24, 2.45) is 0 Å². The molecule has 2 aromatic rings. The smallest absolute Gasteiger partial charge is 0.313 e. The Balaban J connectivity index is 1.66. The molecular weight excluding hydrogens is 468 g/mol. The molecule has 0 aromatic heterocycles. The number of morpholine rings is 1. The van der Waals surface area contributed by atoms with Gasteiger partial charge in [0.1, 0.15) is 5.57 Å². The number of nitro groups is 1. The SMILES string of the molecule is O=C1NN(c2ccccc2)C(=O)C1=Cc1cc(Cl)cc([N+](=O)[O-])c1OCC(=O)N1CCOCC1. The van der Waals surface area contributed by atoms with Crippen LogP contribution in [-0.4, -0.2) is 60.5 Å². The van der Waals surface area contributed by atoms with Gasteiger partial charge in [-0.05, 0) is 24.3 Å². The highest BCUT2D eigenvalue weighted by atomic mass is 35.5. The number of anilines is 1. The minimum absolute atomic E-state index is 0.00354. The fraction of sp³-hybridized carbons (Fsp3) is 0.227. The van der Waals surface area contributed by atoms with E-state index in [9.17, 15) is 24.5 Å². The predicted octanol–water partition coefficient (Wildman–Crippen LogP) is 1.95. The van der Waals surface area contributed by atoms with E-state index in [1.807, 2.05) is 0 Å². The van der Waals surface area contributed by atoms with E-state index in [1.165, 1.54) is 11.0 Å². The van der Waals surface area contributed by atoms with Gasteiger partial charge in [-0.25, -0.2) is 5.01 Å². The number of hydrogen-bond donors (Lipinski definition) is 1. The molecule has 0 aliphatic carbocycles. The van der Waals surface area contributed by atoms with E-state index in [0.29, 0.717) is 32.0 Å². The minimum Gasteiger partial charge on any atom is -0.476 e. The number of benzene rings is 2. The maximum atomic E-state index is 12.9. The number of nitrogens with zero attached hydrogens (tertiary/aromatic N) is 3. The Bertz CT molecular complexity index is 1180. The van der Waals surface area contributed by atoms with Crippen molar-refractivity contribution in [2.45, 2.75) is 0 Å². The summed E-state index contributed by atoms with van der Waals surface area (Å²) in [6.07, 6.45) is 1.16. The number of ether oxygens (including phenoxy) is 2. The number of carbonyl (C=O) groups excluding carboxylic acids is 3. The minimum atomic E-state index is -0.713. The summed E-state index contributed by atoms with van der Waals surface area (Å²) in [6, 6.07) is 10.8. The second-order valence-electron chi connectivity index (χ2n) is 7.36. The molecule has 3 amide bonds. The van der Waals surface area contributed by atoms with Crippen molar-refractivity contribution in [3.63, 3.8) is 0 Å². The fourth-order valence-corrected chi connectivity index (χ4v) is 3.73. The number of hydrogen-bond acceptors (Lipinski definition) is 7. The molecule has 2 aliphatic heterocycles. The third kappa shape index (κ3) is 4.85. The molecule has 11 nitrogen and oxygen atoms in total. The van der Waals surface area contributed by atoms with Crippen LogP contribution in [0.5, 0.6) is 5.75 Å². The molecule has 0 spiro atoms. The van der Waals surface area contributed by atoms with Gasteiger partial charge in [0.2, 0.25) is 5.75 Å². The van der Waals surface area contributed by atoms with E-state index in [4.69, 9.17) is 21.1 Å². The van der Waals surface area contributed by atoms with E-state index >= 15 is 0 Å². The molecule has 12 heteroatoms. The molecule has 0 unspecified atom stereocenters. The highest BCUT2D eigenvalue weighted by Gasteiger charge is 2.35. The normalized spacial score (nSPS) is 17.1. The van der Waals surface area contributed by atoms with Crippen molar-refractivity contribution in [2.75, 3.05) is 37.9 Å². The van der Waals surface area contributed by atoms with Crippen molar-refractivity contribution in [3.05, 3.63) is 68.7 Å². The van der Waals surface area contributed by atoms with Gasteiger partial charge in [-0.1, -0.05) is 29.8 Å². The monoisotopic (exact) mass is 486 g/mol. The van der Waals surface area contributed by atoms with Crippen LogP contribution in [0.4, 0.5) is 11.4 Å². The first-order valence-electron chi connectivity index (χ1n) is 10.2. The first kappa shape index (κ1) is 23.2. The molecular formula is C22H19ClN4O7. The first-order valence-corrected chi connectivity index (χ1v) is 10.6. The van der Waals surface area contributed by atoms with Crippen LogP contribution in [0.3, 0.4) is 0 Å². The van der Waals surface area contributed by atoms with Crippen molar-refractivity contribution in [1.82, 2.24) is 10.3 Å². The third-order valence-electron chi connectivity index (χ3n) is 5.17. The van der Waals surface area contributed by atoms with Crippen LogP contribution in [-0.2, 0) is 19.1 Å². The molecule has 176 valence electrons. The summed E-state index contributed by atoms with van der Waals surface area (Å²) in [5.41, 5.74) is 2.13. The zero-order chi connectivity index (χ0) is 24.2. The van der Waals surface area contributed by atoms with Crippen LogP contribution in [0.2, 0.25) is 5.02 Å². The number of para-hydroxylation sites is 1. The molecule has 1 N–H and O–H groups in total. The quantitative estimate of drug-likeness (QED) is 0.285. The molecule has 2 aliphatic rings. The molecule has 2 saturated heterocycles. The second kappa shape index (κ2) is 9.89. The summed E-state index contributed by atoms with van der Waals surface area (Å²) >= 11 is 6.06. The molecule has 2 heterocycles. The number of hydrazine groups is 1. The Morgan fingerprint density at radius 1 is 1.21 bits per heavy atom. The highest BCUT2D eigenvalue weighted by molar-refractivity contribution is 6.32. The maximum Gasteiger partial charge on any atom is 0.313 e. The third-order valence-corrected chi connectivity index (χ3v) is 5.39. The lowest BCUT2D eigenvalue weighted by atomic mass is 10.1. The molecule has 34 heavy (non-hydrogen) atoms. The van der Waals surface area contributed by atoms with Gasteiger partial charge < -0.3 is 14.4 Å². The predicted molar refractivity (Wildman–Crippen MR) is 121 cm³/mol. The van der Waals surface area contributed by atoms with E-state index in [-0.39, 0.29) is 27.8 Å². The van der Waals surface area contributed by atoms with Crippen molar-refractivity contribution in [3.8, 4) is 5.75 Å². The van der Waals surface area contributed by atoms with Gasteiger partial charge in [0.05, 0.1) is 23.8 Å². The van der Waals surface area contributed by atoms with E-state index in [1.54, 1.807) is 30.3 Å². The Hall–Kier alpha value is -3.96. The van der Waals surface area contributed by atoms with Crippen LogP contribution in [0.25, 0.3) is 6.08 Å². The lowest BCUT2D eigenvalue weighted by Gasteiger charge is -2.26. The standard InChI is InChI=1S/C22H19ClN4O7/c23-15-10-14(11-17-21(29)24-26(22(17)30)16-4-2-1-3-5-16)20(18(12-15)27(31)32)34-13-19(28)25-6-8-33-9-7-25/h1-5,10-12H,6-9,13H2,(H,24,29). The van der Waals surface area contributed by atoms with Crippen LogP contribution in [0, 0.1) is 10.1 Å². The van der Waals surface area contributed by atoms with Crippen LogP contribution in [0.1, 0.15) is 5.56 Å². The number of nitro benzene ring substituents is 1. The van der Waals surface area contributed by atoms with Gasteiger partial charge >= 0.3 is 5.69 Å². The van der Waals surface area contributed by atoms with Crippen LogP contribution < -0.4 is 15.2 Å². The van der Waals surface area contributed by atoms with Crippen LogP contribution >= 0.6 is 11.6 Å². The number of rotatable bonds is 6. The molecule has 0 radical (unpaired) electrons. The lowest BCUT2D eigenvalue weighted by Crippen LogP contribution is -2.43. The van der Waals surface area contributed by atoms with Crippen LogP contribution in [0.15, 0.2) is 48.0 Å². The van der Waals surface area contributed by atoms with Crippen molar-refractivity contribution >= 4 is 46.8 Å². The van der Waals surface area contributed by atoms with Crippen molar-refractivity contribution in [1.29, 1.82) is 0 Å². The summed E-state index contributed by atoms with van der Waals surface area (Å²) in [6.45, 7) is 1.06. The van der Waals surface area contributed by atoms with Crippen molar-refractivity contribution < 1.29 is 28.8 Å². The number of nitrogens with one attached hydrogen (secondary N) is 1. The Morgan fingerprint density at radius 2 is 1.91 bits per heavy atom. The average Bonchev–Trinajstić information content (AvgIpc) is 3.12. The molecule has 2 fully saturated rings. The van der Waals surface area contributed by atoms with E-state index < -0.39 is 29.0 Å². The van der Waals surface area contributed by atoms with E-state index in [2.05, 4.69) is 5.43 Å². The summed E-state index contributed by atoms with van der Waals surface area (Å²) in [7, 11) is 0. The molecule has 0 saturated carbocycles. The molecule has 0 bridgehead atoms. The first-order chi connectivity index (χ1) is 16.3. The second-order valence-corrected chi connectivity index (χ2v) is 7.79. The summed E-state index contributed by atoms with van der Waals surface area (Å²) in [5.74, 6) is -2.01. The van der Waals surface area contributed by atoms with Gasteiger partial charge in [-0.2, -0.15) is 0 Å². The van der Waals surface area contributed by atoms with Gasteiger partial charge in [0.15, 0.2) is 6.61 Å². The zero-order valence-electron chi connectivity index (χ0n) is 17.7. The molecule has 0 atom stereocenters. The Morgan fingerprint density at radius 3 is 2.59 bits per heavy atom. The fourth-order valence-electron chi connectivity index (χ4n) is 3.51. The summed E-state index contributed by atoms with van der Waals surface area (Å²) in [4.78, 5) is 50.4. The number of amides is 3. The lowest BCUT2D eigenvalue weighted by molar-refractivity contribution is -0.385. The largest absolute Gasteiger partial charge is 0.476 e. The van der Waals surface area contributed by atoms with Gasteiger partial charge in [-0.15, -0.1) is 0 Å². The topological polar surface area (TPSA) is 131 Å². The summed E-state index contributed by atoms with van der Waals surface area (Å²) in [5, 5.41) is 12.7. The van der Waals surface area contributed by atoms with E-state index in [0.717, 1.165) is 17.2 Å². The number of halogens is 1. The van der Waals surface area contributed by atoms with Gasteiger partial charge in [-0.3, -0.25) is 29.9 Å². The van der Waals surface area contributed by atoms with Gasteiger partial charge in [0, 0.05) is 29.7 Å². The maximum absolute atomic E-state index is 12.9. The zero-order valence-corrected chi connectivity index (χ0v) is 18.5. The highest BCUT2D eigenvalue weighted by Crippen LogP contribution is 2.36. The van der Waals surface area contributed by atoms with Gasteiger partial charge in [0.25, 0.3) is 17.7 Å². The number of carbonyl (C=O) groups is 3. The Kier molecular flexibility index (Phi) is 6.75. The molecule has 4 rings (SSSR count). The Labute approximate surface area is 198 Å². The molecule has 2 aromatic carbocycles.